The Balaban J connectivity index is 2.16. The van der Waals surface area contributed by atoms with E-state index < -0.39 is 0 Å². The molecule has 1 aliphatic rings. The van der Waals surface area contributed by atoms with E-state index in [1.165, 1.54) is 19.3 Å². The summed E-state index contributed by atoms with van der Waals surface area (Å²) in [6, 6.07) is 9.02. The minimum absolute atomic E-state index is 0.280. The van der Waals surface area contributed by atoms with Crippen LogP contribution < -0.4 is 0 Å². The average Bonchev–Trinajstić information content (AvgIpc) is 2.40. The van der Waals surface area contributed by atoms with Crippen LogP contribution in [0.5, 0.6) is 11.5 Å². The Hall–Kier alpha value is -1.70. The summed E-state index contributed by atoms with van der Waals surface area (Å²) >= 11 is 0. The van der Waals surface area contributed by atoms with Crippen molar-refractivity contribution in [3.63, 3.8) is 0 Å². The zero-order valence-corrected chi connectivity index (χ0v) is 10.4. The molecule has 0 unspecified atom stereocenters. The predicted octanol–water partition coefficient (Wildman–Crippen LogP) is 4.30. The van der Waals surface area contributed by atoms with Gasteiger partial charge in [0, 0.05) is 5.56 Å². The summed E-state index contributed by atoms with van der Waals surface area (Å²) in [6.45, 7) is 0. The number of hydrogen-bond acceptors (Lipinski definition) is 2. The summed E-state index contributed by atoms with van der Waals surface area (Å²) in [5.41, 5.74) is 1.08. The third kappa shape index (κ3) is 1.92. The van der Waals surface area contributed by atoms with Crippen LogP contribution in [0.2, 0.25) is 0 Å². The molecule has 2 nitrogen and oxygen atoms in total. The molecule has 0 amide bonds. The second-order valence-corrected chi connectivity index (χ2v) is 5.24. The maximum absolute atomic E-state index is 10.2. The molecule has 0 saturated heterocycles. The second-order valence-electron chi connectivity index (χ2n) is 5.24. The fourth-order valence-corrected chi connectivity index (χ4v) is 3.15. The van der Waals surface area contributed by atoms with Crippen molar-refractivity contribution in [3.8, 4) is 11.5 Å². The molecule has 0 radical (unpaired) electrons. The van der Waals surface area contributed by atoms with Gasteiger partial charge in [-0.2, -0.15) is 0 Å². The van der Waals surface area contributed by atoms with Crippen LogP contribution in [0.25, 0.3) is 10.8 Å². The zero-order chi connectivity index (χ0) is 12.5. The molecular formula is C16H18O2. The van der Waals surface area contributed by atoms with Gasteiger partial charge in [-0.25, -0.2) is 0 Å². The number of fused-ring (bicyclic) bond motifs is 1. The van der Waals surface area contributed by atoms with E-state index in [0.29, 0.717) is 11.7 Å². The van der Waals surface area contributed by atoms with Gasteiger partial charge < -0.3 is 10.2 Å². The van der Waals surface area contributed by atoms with Gasteiger partial charge in [0.2, 0.25) is 0 Å². The largest absolute Gasteiger partial charge is 0.508 e. The molecule has 0 aromatic heterocycles. The third-order valence-electron chi connectivity index (χ3n) is 4.04. The van der Waals surface area contributed by atoms with Crippen molar-refractivity contribution in [2.75, 3.05) is 0 Å². The minimum Gasteiger partial charge on any atom is -0.508 e. The monoisotopic (exact) mass is 242 g/mol. The van der Waals surface area contributed by atoms with E-state index in [1.54, 1.807) is 18.2 Å². The molecule has 1 fully saturated rings. The van der Waals surface area contributed by atoms with E-state index in [9.17, 15) is 10.2 Å². The van der Waals surface area contributed by atoms with Crippen LogP contribution in [-0.2, 0) is 0 Å². The number of phenols is 2. The molecule has 2 N–H and O–H groups in total. The summed E-state index contributed by atoms with van der Waals surface area (Å²) < 4.78 is 0. The van der Waals surface area contributed by atoms with Crippen LogP contribution in [-0.4, -0.2) is 10.2 Å². The number of benzene rings is 2. The Kier molecular flexibility index (Phi) is 2.86. The molecule has 2 heteroatoms. The van der Waals surface area contributed by atoms with Gasteiger partial charge in [-0.3, -0.25) is 0 Å². The lowest BCUT2D eigenvalue weighted by Crippen LogP contribution is -2.05. The van der Waals surface area contributed by atoms with Crippen LogP contribution in [0.1, 0.15) is 43.6 Å². The fourth-order valence-electron chi connectivity index (χ4n) is 3.15. The Bertz CT molecular complexity index is 569. The lowest BCUT2D eigenvalue weighted by Gasteiger charge is -2.24. The average molecular weight is 242 g/mol. The molecular weight excluding hydrogens is 224 g/mol. The second kappa shape index (κ2) is 4.52. The van der Waals surface area contributed by atoms with Crippen molar-refractivity contribution in [1.29, 1.82) is 0 Å². The highest BCUT2D eigenvalue weighted by atomic mass is 16.3. The Morgan fingerprint density at radius 3 is 2.44 bits per heavy atom. The van der Waals surface area contributed by atoms with Gasteiger partial charge in [-0.05, 0) is 47.7 Å². The maximum atomic E-state index is 10.2. The fraction of sp³-hybridized carbons (Fsp3) is 0.375. The van der Waals surface area contributed by atoms with E-state index >= 15 is 0 Å². The zero-order valence-electron chi connectivity index (χ0n) is 10.4. The van der Waals surface area contributed by atoms with Gasteiger partial charge >= 0.3 is 0 Å². The van der Waals surface area contributed by atoms with Gasteiger partial charge in [-0.1, -0.05) is 31.4 Å². The van der Waals surface area contributed by atoms with E-state index in [-0.39, 0.29) is 5.75 Å². The molecule has 1 saturated carbocycles. The van der Waals surface area contributed by atoms with Crippen molar-refractivity contribution >= 4 is 10.8 Å². The molecule has 0 atom stereocenters. The van der Waals surface area contributed by atoms with Crippen molar-refractivity contribution in [2.24, 2.45) is 0 Å². The lowest BCUT2D eigenvalue weighted by atomic mass is 9.81. The summed E-state index contributed by atoms with van der Waals surface area (Å²) in [7, 11) is 0. The summed E-state index contributed by atoms with van der Waals surface area (Å²) in [6.07, 6.45) is 6.13. The first-order chi connectivity index (χ1) is 8.75. The topological polar surface area (TPSA) is 40.5 Å². The highest BCUT2D eigenvalue weighted by Gasteiger charge is 2.20. The van der Waals surface area contributed by atoms with Gasteiger partial charge in [-0.15, -0.1) is 0 Å². The molecule has 2 aromatic carbocycles. The smallest absolute Gasteiger partial charge is 0.119 e. The van der Waals surface area contributed by atoms with Gasteiger partial charge in [0.05, 0.1) is 0 Å². The molecule has 18 heavy (non-hydrogen) atoms. The third-order valence-corrected chi connectivity index (χ3v) is 4.04. The molecule has 3 rings (SSSR count). The molecule has 0 heterocycles. The molecule has 0 aliphatic heterocycles. The molecule has 2 aromatic rings. The SMILES string of the molecule is Oc1ccc2c(C3CCCCC3)c(O)ccc2c1. The van der Waals surface area contributed by atoms with Crippen LogP contribution in [0.3, 0.4) is 0 Å². The van der Waals surface area contributed by atoms with Crippen molar-refractivity contribution in [2.45, 2.75) is 38.0 Å². The Morgan fingerprint density at radius 1 is 0.889 bits per heavy atom. The summed E-state index contributed by atoms with van der Waals surface area (Å²) in [5.74, 6) is 1.15. The van der Waals surface area contributed by atoms with Gasteiger partial charge in [0.15, 0.2) is 0 Å². The maximum Gasteiger partial charge on any atom is 0.119 e. The van der Waals surface area contributed by atoms with E-state index in [2.05, 4.69) is 0 Å². The highest BCUT2D eigenvalue weighted by molar-refractivity contribution is 5.89. The van der Waals surface area contributed by atoms with Crippen LogP contribution in [0, 0.1) is 0 Å². The van der Waals surface area contributed by atoms with E-state index in [4.69, 9.17) is 0 Å². The van der Waals surface area contributed by atoms with E-state index in [1.807, 2.05) is 12.1 Å². The first-order valence-electron chi connectivity index (χ1n) is 6.70. The molecule has 94 valence electrons. The molecule has 1 aliphatic carbocycles. The highest BCUT2D eigenvalue weighted by Crippen LogP contribution is 2.41. The first-order valence-corrected chi connectivity index (χ1v) is 6.70. The molecule has 0 spiro atoms. The van der Waals surface area contributed by atoms with Crippen LogP contribution in [0.15, 0.2) is 30.3 Å². The van der Waals surface area contributed by atoms with Crippen molar-refractivity contribution < 1.29 is 10.2 Å². The summed E-state index contributed by atoms with van der Waals surface area (Å²) in [4.78, 5) is 0. The molecule has 0 bridgehead atoms. The lowest BCUT2D eigenvalue weighted by molar-refractivity contribution is 0.417. The number of aromatic hydroxyl groups is 2. The normalized spacial score (nSPS) is 17.1. The number of hydrogen-bond donors (Lipinski definition) is 2. The van der Waals surface area contributed by atoms with Crippen molar-refractivity contribution in [1.82, 2.24) is 0 Å². The number of rotatable bonds is 1. The first kappa shape index (κ1) is 11.4. The van der Waals surface area contributed by atoms with Crippen molar-refractivity contribution in [3.05, 3.63) is 35.9 Å². The standard InChI is InChI=1S/C16H18O2/c17-13-7-8-14-12(10-13)6-9-15(18)16(14)11-4-2-1-3-5-11/h6-11,17-18H,1-5H2. The van der Waals surface area contributed by atoms with Crippen LogP contribution in [0.4, 0.5) is 0 Å². The predicted molar refractivity (Wildman–Crippen MR) is 73.1 cm³/mol. The summed E-state index contributed by atoms with van der Waals surface area (Å²) in [5, 5.41) is 21.8. The quantitative estimate of drug-likeness (QED) is 0.782. The number of phenolic OH excluding ortho intramolecular Hbond substituents is 2. The minimum atomic E-state index is 0.280. The Morgan fingerprint density at radius 2 is 1.67 bits per heavy atom. The van der Waals surface area contributed by atoms with Gasteiger partial charge in [0.25, 0.3) is 0 Å². The van der Waals surface area contributed by atoms with E-state index in [0.717, 1.165) is 29.2 Å². The van der Waals surface area contributed by atoms with Crippen LogP contribution >= 0.6 is 0 Å². The Labute approximate surface area is 107 Å². The van der Waals surface area contributed by atoms with Gasteiger partial charge in [0.1, 0.15) is 11.5 Å².